The normalized spacial score (nSPS) is 17.2. The number of amides is 1. The molecule has 3 unspecified atom stereocenters. The lowest BCUT2D eigenvalue weighted by atomic mass is 9.93. The summed E-state index contributed by atoms with van der Waals surface area (Å²) in [4.78, 5) is 26.9. The van der Waals surface area contributed by atoms with Gasteiger partial charge in [-0.3, -0.25) is 9.69 Å². The van der Waals surface area contributed by atoms with Crippen molar-refractivity contribution < 1.29 is 28.2 Å². The molecule has 0 radical (unpaired) electrons. The smallest absolute Gasteiger partial charge is 0.415 e. The molecule has 7 heteroatoms. The largest absolute Gasteiger partial charge is 0.489 e. The molecule has 3 atom stereocenters. The van der Waals surface area contributed by atoms with E-state index in [9.17, 15) is 14.0 Å². The molecule has 5 rings (SSSR count). The molecule has 0 saturated carbocycles. The second-order valence-electron chi connectivity index (χ2n) is 9.66. The molecule has 0 aliphatic carbocycles. The summed E-state index contributed by atoms with van der Waals surface area (Å²) in [6.45, 7) is 1.77. The number of carbonyl (C=O) groups excluding carboxylic acids is 2. The van der Waals surface area contributed by atoms with Crippen molar-refractivity contribution in [3.05, 3.63) is 132 Å². The molecule has 0 spiro atoms. The van der Waals surface area contributed by atoms with Crippen molar-refractivity contribution in [2.45, 2.75) is 44.6 Å². The number of halogens is 1. The molecule has 1 aliphatic rings. The highest BCUT2D eigenvalue weighted by Gasteiger charge is 2.48. The lowest BCUT2D eigenvalue weighted by Gasteiger charge is -2.29. The number of ether oxygens (including phenoxy) is 3. The molecular formula is C33H30FNO5. The molecular weight excluding hydrogens is 509 g/mol. The lowest BCUT2D eigenvalue weighted by Crippen LogP contribution is -2.38. The van der Waals surface area contributed by atoms with Crippen LogP contribution in [-0.2, 0) is 27.3 Å². The van der Waals surface area contributed by atoms with Crippen molar-refractivity contribution in [2.75, 3.05) is 4.90 Å². The number of nitrogens with zero attached hydrogens (tertiary/aromatic N) is 1. The van der Waals surface area contributed by atoms with Crippen LogP contribution in [-0.4, -0.2) is 24.3 Å². The second kappa shape index (κ2) is 12.5. The number of esters is 1. The van der Waals surface area contributed by atoms with Gasteiger partial charge >= 0.3 is 12.1 Å². The fourth-order valence-corrected chi connectivity index (χ4v) is 4.94. The maximum absolute atomic E-state index is 13.7. The molecule has 1 saturated heterocycles. The third-order valence-corrected chi connectivity index (χ3v) is 6.84. The average Bonchev–Trinajstić information content (AvgIpc) is 3.32. The fraction of sp³-hybridized carbons (Fsp3) is 0.212. The summed E-state index contributed by atoms with van der Waals surface area (Å²) in [7, 11) is 0. The summed E-state index contributed by atoms with van der Waals surface area (Å²) < 4.78 is 31.3. The van der Waals surface area contributed by atoms with Gasteiger partial charge in [0.15, 0.2) is 6.10 Å². The first kappa shape index (κ1) is 26.9. The van der Waals surface area contributed by atoms with Gasteiger partial charge < -0.3 is 14.2 Å². The Morgan fingerprint density at radius 1 is 0.875 bits per heavy atom. The van der Waals surface area contributed by atoms with E-state index in [1.54, 1.807) is 0 Å². The molecule has 6 nitrogen and oxygen atoms in total. The van der Waals surface area contributed by atoms with Crippen molar-refractivity contribution in [1.82, 2.24) is 0 Å². The number of aryl methyl sites for hydroxylation is 1. The number of cyclic esters (lactones) is 1. The van der Waals surface area contributed by atoms with Gasteiger partial charge in [0.25, 0.3) is 0 Å². The van der Waals surface area contributed by atoms with E-state index in [4.69, 9.17) is 14.2 Å². The fourth-order valence-electron chi connectivity index (χ4n) is 4.94. The van der Waals surface area contributed by atoms with Crippen molar-refractivity contribution in [2.24, 2.45) is 0 Å². The van der Waals surface area contributed by atoms with Gasteiger partial charge in [-0.15, -0.1) is 0 Å². The van der Waals surface area contributed by atoms with Crippen LogP contribution in [0.25, 0.3) is 0 Å². The van der Waals surface area contributed by atoms with Gasteiger partial charge in [0.1, 0.15) is 30.3 Å². The molecule has 40 heavy (non-hydrogen) atoms. The van der Waals surface area contributed by atoms with Crippen LogP contribution >= 0.6 is 0 Å². The van der Waals surface area contributed by atoms with E-state index in [1.807, 2.05) is 84.9 Å². The van der Waals surface area contributed by atoms with E-state index >= 15 is 0 Å². The van der Waals surface area contributed by atoms with Crippen LogP contribution in [0.5, 0.6) is 5.75 Å². The number of carbonyl (C=O) groups is 2. The molecule has 1 aliphatic heterocycles. The van der Waals surface area contributed by atoms with Crippen molar-refractivity contribution in [1.29, 1.82) is 0 Å². The van der Waals surface area contributed by atoms with Gasteiger partial charge in [0.05, 0.1) is 0 Å². The molecule has 4 aromatic carbocycles. The Kier molecular flexibility index (Phi) is 8.40. The summed E-state index contributed by atoms with van der Waals surface area (Å²) in [5.41, 5.74) is 3.37. The molecule has 1 fully saturated rings. The average molecular weight is 540 g/mol. The summed E-state index contributed by atoms with van der Waals surface area (Å²) in [6, 6.07) is 32.2. The summed E-state index contributed by atoms with van der Waals surface area (Å²) in [5.74, 6) is -0.203. The Balaban J connectivity index is 1.44. The van der Waals surface area contributed by atoms with Crippen LogP contribution in [0.2, 0.25) is 0 Å². The highest BCUT2D eigenvalue weighted by atomic mass is 19.1. The lowest BCUT2D eigenvalue weighted by molar-refractivity contribution is -0.152. The minimum atomic E-state index is -0.791. The van der Waals surface area contributed by atoms with Crippen LogP contribution in [0, 0.1) is 5.82 Å². The second-order valence-corrected chi connectivity index (χ2v) is 9.66. The highest BCUT2D eigenvalue weighted by Crippen LogP contribution is 2.41. The Bertz CT molecular complexity index is 1410. The third kappa shape index (κ3) is 6.49. The quantitative estimate of drug-likeness (QED) is 0.202. The molecule has 4 aromatic rings. The molecule has 0 N–H and O–H groups in total. The summed E-state index contributed by atoms with van der Waals surface area (Å²) in [5, 5.41) is 0. The first-order valence-electron chi connectivity index (χ1n) is 13.2. The standard InChI is InChI=1S/C33H30FNO5/c1-23(36)39-30(21-12-24-8-4-2-5-9-24)32-31(35(33(37)40-32)28-17-15-27(34)16-18-28)26-13-19-29(20-14-26)38-22-25-10-6-3-7-11-25/h2-11,13-20,30-32H,12,21-22H2,1H3. The predicted octanol–water partition coefficient (Wildman–Crippen LogP) is 7.04. The molecule has 1 amide bonds. The first-order valence-corrected chi connectivity index (χ1v) is 13.2. The molecule has 204 valence electrons. The van der Waals surface area contributed by atoms with E-state index in [1.165, 1.54) is 36.1 Å². The number of rotatable bonds is 10. The maximum Gasteiger partial charge on any atom is 0.415 e. The summed E-state index contributed by atoms with van der Waals surface area (Å²) in [6.07, 6.45) is -1.01. The zero-order chi connectivity index (χ0) is 27.9. The number of anilines is 1. The number of hydrogen-bond acceptors (Lipinski definition) is 5. The van der Waals surface area contributed by atoms with E-state index in [0.29, 0.717) is 30.9 Å². The monoisotopic (exact) mass is 539 g/mol. The van der Waals surface area contributed by atoms with Gasteiger partial charge in [0, 0.05) is 12.6 Å². The van der Waals surface area contributed by atoms with Gasteiger partial charge in [0.2, 0.25) is 0 Å². The molecule has 0 aromatic heterocycles. The highest BCUT2D eigenvalue weighted by molar-refractivity contribution is 5.91. The van der Waals surface area contributed by atoms with E-state index < -0.39 is 36.1 Å². The van der Waals surface area contributed by atoms with Gasteiger partial charge in [-0.1, -0.05) is 72.8 Å². The summed E-state index contributed by atoms with van der Waals surface area (Å²) >= 11 is 0. The molecule has 0 bridgehead atoms. The Morgan fingerprint density at radius 2 is 1.50 bits per heavy atom. The van der Waals surface area contributed by atoms with Crippen LogP contribution in [0.4, 0.5) is 14.9 Å². The van der Waals surface area contributed by atoms with Crippen molar-refractivity contribution >= 4 is 17.7 Å². The van der Waals surface area contributed by atoms with Crippen LogP contribution in [0.3, 0.4) is 0 Å². The van der Waals surface area contributed by atoms with E-state index in [2.05, 4.69) is 0 Å². The number of hydrogen-bond donors (Lipinski definition) is 0. The van der Waals surface area contributed by atoms with Crippen LogP contribution < -0.4 is 9.64 Å². The third-order valence-electron chi connectivity index (χ3n) is 6.84. The van der Waals surface area contributed by atoms with Crippen molar-refractivity contribution in [3.63, 3.8) is 0 Å². The minimum Gasteiger partial charge on any atom is -0.489 e. The van der Waals surface area contributed by atoms with E-state index in [-0.39, 0.29) is 0 Å². The Hall–Kier alpha value is -4.65. The van der Waals surface area contributed by atoms with Gasteiger partial charge in [-0.05, 0) is 65.9 Å². The maximum atomic E-state index is 13.7. The van der Waals surface area contributed by atoms with E-state index in [0.717, 1.165) is 16.7 Å². The Morgan fingerprint density at radius 3 is 2.12 bits per heavy atom. The topological polar surface area (TPSA) is 65.1 Å². The van der Waals surface area contributed by atoms with Crippen molar-refractivity contribution in [3.8, 4) is 5.75 Å². The van der Waals surface area contributed by atoms with Gasteiger partial charge in [-0.25, -0.2) is 9.18 Å². The SMILES string of the molecule is CC(=O)OC(CCc1ccccc1)C1OC(=O)N(c2ccc(F)cc2)C1c1ccc(OCc2ccccc2)cc1. The van der Waals surface area contributed by atoms with Crippen LogP contribution in [0.15, 0.2) is 109 Å². The van der Waals surface area contributed by atoms with Crippen LogP contribution in [0.1, 0.15) is 36.1 Å². The first-order chi connectivity index (χ1) is 19.5. The molecule has 1 heterocycles. The Labute approximate surface area is 232 Å². The minimum absolute atomic E-state index is 0.412. The predicted molar refractivity (Wildman–Crippen MR) is 149 cm³/mol. The zero-order valence-electron chi connectivity index (χ0n) is 22.1. The van der Waals surface area contributed by atoms with Gasteiger partial charge in [-0.2, -0.15) is 0 Å². The zero-order valence-corrected chi connectivity index (χ0v) is 22.1. The number of benzene rings is 4.